The third kappa shape index (κ3) is 3.00. The predicted molar refractivity (Wildman–Crippen MR) is 84.6 cm³/mol. The summed E-state index contributed by atoms with van der Waals surface area (Å²) in [6, 6.07) is 3.99. The van der Waals surface area contributed by atoms with Gasteiger partial charge in [-0.05, 0) is 37.8 Å². The van der Waals surface area contributed by atoms with Crippen LogP contribution in [0.25, 0.3) is 0 Å². The van der Waals surface area contributed by atoms with Crippen LogP contribution < -0.4 is 4.90 Å². The van der Waals surface area contributed by atoms with Crippen molar-refractivity contribution in [2.45, 2.75) is 38.1 Å². The Balaban J connectivity index is 1.68. The van der Waals surface area contributed by atoms with Crippen LogP contribution >= 0.6 is 11.6 Å². The Labute approximate surface area is 131 Å². The number of amides is 1. The molecule has 1 saturated carbocycles. The van der Waals surface area contributed by atoms with E-state index in [9.17, 15) is 4.79 Å². The quantitative estimate of drug-likeness (QED) is 0.861. The number of halogens is 1. The average molecular weight is 308 g/mol. The Morgan fingerprint density at radius 1 is 1.38 bits per heavy atom. The van der Waals surface area contributed by atoms with Crippen molar-refractivity contribution in [3.8, 4) is 0 Å². The van der Waals surface area contributed by atoms with Crippen LogP contribution in [0.5, 0.6) is 0 Å². The fraction of sp³-hybridized carbons (Fsp3) is 0.625. The van der Waals surface area contributed by atoms with E-state index >= 15 is 0 Å². The molecule has 1 aromatic rings. The van der Waals surface area contributed by atoms with E-state index < -0.39 is 0 Å². The zero-order valence-electron chi connectivity index (χ0n) is 12.5. The first-order valence-electron chi connectivity index (χ1n) is 7.79. The van der Waals surface area contributed by atoms with E-state index in [2.05, 4.69) is 9.88 Å². The normalized spacial score (nSPS) is 22.8. The maximum Gasteiger partial charge on any atom is 0.225 e. The van der Waals surface area contributed by atoms with Gasteiger partial charge in [0.2, 0.25) is 5.91 Å². The van der Waals surface area contributed by atoms with Gasteiger partial charge in [0.05, 0.1) is 5.02 Å². The molecule has 1 aliphatic heterocycles. The summed E-state index contributed by atoms with van der Waals surface area (Å²) in [6.07, 6.45) is 7.23. The molecule has 21 heavy (non-hydrogen) atoms. The zero-order valence-corrected chi connectivity index (χ0v) is 13.2. The maximum absolute atomic E-state index is 12.4. The van der Waals surface area contributed by atoms with Crippen molar-refractivity contribution in [3.05, 3.63) is 23.4 Å². The van der Waals surface area contributed by atoms with E-state index in [4.69, 9.17) is 11.6 Å². The zero-order chi connectivity index (χ0) is 14.8. The number of hydrogen-bond acceptors (Lipinski definition) is 3. The van der Waals surface area contributed by atoms with Gasteiger partial charge in [-0.2, -0.15) is 0 Å². The molecule has 2 aliphatic rings. The first kappa shape index (κ1) is 14.6. The van der Waals surface area contributed by atoms with Gasteiger partial charge in [0.1, 0.15) is 5.82 Å². The monoisotopic (exact) mass is 307 g/mol. The van der Waals surface area contributed by atoms with Gasteiger partial charge in [-0.3, -0.25) is 4.79 Å². The highest BCUT2D eigenvalue weighted by Crippen LogP contribution is 2.31. The lowest BCUT2D eigenvalue weighted by Crippen LogP contribution is -2.51. The molecule has 0 aromatic carbocycles. The summed E-state index contributed by atoms with van der Waals surface area (Å²) in [5, 5.41) is 0.686. The van der Waals surface area contributed by atoms with Crippen molar-refractivity contribution in [1.29, 1.82) is 0 Å². The van der Waals surface area contributed by atoms with Crippen LogP contribution in [0, 0.1) is 5.92 Å². The Morgan fingerprint density at radius 2 is 2.19 bits per heavy atom. The lowest BCUT2D eigenvalue weighted by molar-refractivity contribution is -0.139. The number of piperidine rings is 1. The van der Waals surface area contributed by atoms with Crippen LogP contribution in [-0.2, 0) is 4.79 Å². The Bertz CT molecular complexity index is 518. The fourth-order valence-corrected chi connectivity index (χ4v) is 3.44. The van der Waals surface area contributed by atoms with E-state index in [0.717, 1.165) is 44.6 Å². The van der Waals surface area contributed by atoms with Crippen LogP contribution in [0.3, 0.4) is 0 Å². The average Bonchev–Trinajstić information content (AvgIpc) is 2.45. The van der Waals surface area contributed by atoms with Gasteiger partial charge >= 0.3 is 0 Å². The van der Waals surface area contributed by atoms with Gasteiger partial charge in [0, 0.05) is 38.3 Å². The van der Waals surface area contributed by atoms with Gasteiger partial charge in [-0.25, -0.2) is 4.98 Å². The van der Waals surface area contributed by atoms with Crippen LogP contribution in [0.4, 0.5) is 5.82 Å². The molecule has 0 spiro atoms. The maximum atomic E-state index is 12.4. The van der Waals surface area contributed by atoms with Crippen molar-refractivity contribution in [2.24, 2.45) is 5.92 Å². The van der Waals surface area contributed by atoms with Crippen molar-refractivity contribution in [2.75, 3.05) is 25.0 Å². The minimum absolute atomic E-state index is 0.267. The van der Waals surface area contributed by atoms with Gasteiger partial charge in [0.15, 0.2) is 0 Å². The van der Waals surface area contributed by atoms with E-state index in [1.165, 1.54) is 6.42 Å². The van der Waals surface area contributed by atoms with Gasteiger partial charge in [-0.15, -0.1) is 0 Å². The van der Waals surface area contributed by atoms with Crippen molar-refractivity contribution < 1.29 is 4.79 Å². The van der Waals surface area contributed by atoms with Crippen molar-refractivity contribution >= 4 is 23.3 Å². The summed E-state index contributed by atoms with van der Waals surface area (Å²) in [4.78, 5) is 21.0. The molecule has 1 atom stereocenters. The number of nitrogens with zero attached hydrogens (tertiary/aromatic N) is 3. The number of carbonyl (C=O) groups excluding carboxylic acids is 1. The summed E-state index contributed by atoms with van der Waals surface area (Å²) in [7, 11) is 1.95. The lowest BCUT2D eigenvalue weighted by atomic mass is 9.84. The highest BCUT2D eigenvalue weighted by molar-refractivity contribution is 6.32. The molecule has 3 rings (SSSR count). The molecular weight excluding hydrogens is 286 g/mol. The fourth-order valence-electron chi connectivity index (χ4n) is 3.20. The van der Waals surface area contributed by atoms with E-state index in [-0.39, 0.29) is 12.0 Å². The molecule has 1 saturated heterocycles. The number of pyridine rings is 1. The second-order valence-electron chi connectivity index (χ2n) is 6.13. The minimum Gasteiger partial charge on any atom is -0.353 e. The number of aromatic nitrogens is 1. The summed E-state index contributed by atoms with van der Waals surface area (Å²) in [6.45, 7) is 1.78. The molecular formula is C16H22ClN3O. The summed E-state index contributed by atoms with van der Waals surface area (Å²) >= 11 is 6.24. The van der Waals surface area contributed by atoms with Crippen LogP contribution in [0.1, 0.15) is 32.1 Å². The third-order valence-electron chi connectivity index (χ3n) is 4.78. The molecule has 0 radical (unpaired) electrons. The van der Waals surface area contributed by atoms with Crippen LogP contribution in [-0.4, -0.2) is 42.0 Å². The molecule has 1 amide bonds. The molecule has 0 bridgehead atoms. The SMILES string of the molecule is CN(C(=O)C1CCC1)C1CCCN(c2ncccc2Cl)C1. The lowest BCUT2D eigenvalue weighted by Gasteiger charge is -2.40. The molecule has 5 heteroatoms. The molecule has 0 N–H and O–H groups in total. The highest BCUT2D eigenvalue weighted by Gasteiger charge is 2.33. The van der Waals surface area contributed by atoms with E-state index in [1.54, 1.807) is 6.20 Å². The Kier molecular flexibility index (Phi) is 4.34. The van der Waals surface area contributed by atoms with Crippen molar-refractivity contribution in [1.82, 2.24) is 9.88 Å². The van der Waals surface area contributed by atoms with Gasteiger partial charge in [0.25, 0.3) is 0 Å². The summed E-state index contributed by atoms with van der Waals surface area (Å²) < 4.78 is 0. The second-order valence-corrected chi connectivity index (χ2v) is 6.54. The highest BCUT2D eigenvalue weighted by atomic mass is 35.5. The number of hydrogen-bond donors (Lipinski definition) is 0. The topological polar surface area (TPSA) is 36.4 Å². The van der Waals surface area contributed by atoms with Gasteiger partial charge in [-0.1, -0.05) is 18.0 Å². The van der Waals surface area contributed by atoms with E-state index in [0.29, 0.717) is 10.9 Å². The smallest absolute Gasteiger partial charge is 0.225 e. The second kappa shape index (κ2) is 6.22. The molecule has 1 aliphatic carbocycles. The number of carbonyl (C=O) groups is 1. The van der Waals surface area contributed by atoms with Crippen LogP contribution in [0.15, 0.2) is 18.3 Å². The number of anilines is 1. The molecule has 1 unspecified atom stereocenters. The number of likely N-dealkylation sites (N-methyl/N-ethyl adjacent to an activating group) is 1. The molecule has 2 fully saturated rings. The molecule has 2 heterocycles. The summed E-state index contributed by atoms with van der Waals surface area (Å²) in [5.74, 6) is 1.43. The van der Waals surface area contributed by atoms with Crippen LogP contribution in [0.2, 0.25) is 5.02 Å². The standard InChI is InChI=1S/C16H22ClN3O/c1-19(16(21)12-5-2-6-12)13-7-4-10-20(11-13)15-14(17)8-3-9-18-15/h3,8-9,12-13H,2,4-7,10-11H2,1H3. The largest absolute Gasteiger partial charge is 0.353 e. The van der Waals surface area contributed by atoms with Crippen molar-refractivity contribution in [3.63, 3.8) is 0 Å². The predicted octanol–water partition coefficient (Wildman–Crippen LogP) is 2.96. The Hall–Kier alpha value is -1.29. The first-order valence-corrected chi connectivity index (χ1v) is 8.16. The molecule has 1 aromatic heterocycles. The van der Waals surface area contributed by atoms with Gasteiger partial charge < -0.3 is 9.80 Å². The first-order chi connectivity index (χ1) is 10.2. The summed E-state index contributed by atoms with van der Waals surface area (Å²) in [5.41, 5.74) is 0. The third-order valence-corrected chi connectivity index (χ3v) is 5.08. The minimum atomic E-state index is 0.267. The molecule has 4 nitrogen and oxygen atoms in total. The van der Waals surface area contributed by atoms with E-state index in [1.807, 2.05) is 24.1 Å². The Morgan fingerprint density at radius 3 is 2.86 bits per heavy atom. The molecule has 114 valence electrons. The number of rotatable bonds is 3.